The molecule has 3 nitrogen and oxygen atoms in total. The number of nitrogens with two attached hydrogens (primary N) is 1. The van der Waals surface area contributed by atoms with E-state index in [4.69, 9.17) is 5.73 Å². The Kier molecular flexibility index (Phi) is 5.80. The molecule has 21 heavy (non-hydrogen) atoms. The van der Waals surface area contributed by atoms with E-state index in [-0.39, 0.29) is 0 Å². The third-order valence-corrected chi connectivity index (χ3v) is 4.51. The fourth-order valence-corrected chi connectivity index (χ4v) is 3.43. The van der Waals surface area contributed by atoms with Crippen LogP contribution in [0, 0.1) is 5.92 Å². The van der Waals surface area contributed by atoms with Crippen molar-refractivity contribution in [3.05, 3.63) is 35.4 Å². The Hall–Kier alpha value is -0.900. The maximum atomic E-state index is 6.10. The van der Waals surface area contributed by atoms with Gasteiger partial charge >= 0.3 is 0 Å². The van der Waals surface area contributed by atoms with Gasteiger partial charge in [-0.3, -0.25) is 4.90 Å². The lowest BCUT2D eigenvalue weighted by atomic mass is 9.97. The lowest BCUT2D eigenvalue weighted by Gasteiger charge is -2.42. The molecule has 1 aliphatic rings. The zero-order valence-corrected chi connectivity index (χ0v) is 14.0. The molecular formula is C18H31N3. The Bertz CT molecular complexity index is 427. The van der Waals surface area contributed by atoms with Gasteiger partial charge in [-0.05, 0) is 37.4 Å². The maximum Gasteiger partial charge on any atom is 0.0474 e. The Morgan fingerprint density at radius 2 is 1.86 bits per heavy atom. The number of piperazine rings is 1. The van der Waals surface area contributed by atoms with E-state index in [1.807, 2.05) is 0 Å². The summed E-state index contributed by atoms with van der Waals surface area (Å²) in [6, 6.07) is 10.0. The van der Waals surface area contributed by atoms with Crippen LogP contribution >= 0.6 is 0 Å². The molecule has 1 aliphatic heterocycles. The number of rotatable bonds is 5. The van der Waals surface area contributed by atoms with Crippen molar-refractivity contribution in [1.82, 2.24) is 9.80 Å². The van der Waals surface area contributed by atoms with E-state index in [0.717, 1.165) is 26.1 Å². The second-order valence-electron chi connectivity index (χ2n) is 6.94. The molecule has 2 unspecified atom stereocenters. The van der Waals surface area contributed by atoms with Gasteiger partial charge in [-0.1, -0.05) is 38.1 Å². The second-order valence-corrected chi connectivity index (χ2v) is 6.94. The van der Waals surface area contributed by atoms with Crippen molar-refractivity contribution in [3.63, 3.8) is 0 Å². The van der Waals surface area contributed by atoms with Gasteiger partial charge in [-0.25, -0.2) is 0 Å². The predicted molar refractivity (Wildman–Crippen MR) is 90.4 cm³/mol. The summed E-state index contributed by atoms with van der Waals surface area (Å²) in [5.41, 5.74) is 8.89. The van der Waals surface area contributed by atoms with Crippen LogP contribution in [0.15, 0.2) is 24.3 Å². The van der Waals surface area contributed by atoms with Crippen LogP contribution in [0.1, 0.15) is 37.9 Å². The lowest BCUT2D eigenvalue weighted by Crippen LogP contribution is -2.52. The molecule has 0 aromatic heterocycles. The van der Waals surface area contributed by atoms with Gasteiger partial charge in [0.2, 0.25) is 0 Å². The number of likely N-dealkylation sites (N-methyl/N-ethyl adjacent to an activating group) is 1. The minimum Gasteiger partial charge on any atom is -0.329 e. The van der Waals surface area contributed by atoms with E-state index in [1.54, 1.807) is 0 Å². The molecule has 2 atom stereocenters. The monoisotopic (exact) mass is 289 g/mol. The fraction of sp³-hybridized carbons (Fsp3) is 0.667. The van der Waals surface area contributed by atoms with Gasteiger partial charge in [0.15, 0.2) is 0 Å². The number of benzene rings is 1. The first-order chi connectivity index (χ1) is 10.0. The van der Waals surface area contributed by atoms with E-state index in [9.17, 15) is 0 Å². The largest absolute Gasteiger partial charge is 0.329 e. The van der Waals surface area contributed by atoms with Crippen LogP contribution in [-0.2, 0) is 6.42 Å². The highest BCUT2D eigenvalue weighted by Crippen LogP contribution is 2.25. The van der Waals surface area contributed by atoms with Gasteiger partial charge in [0.25, 0.3) is 0 Å². The molecule has 0 radical (unpaired) electrons. The number of nitrogens with zero attached hydrogens (tertiary/aromatic N) is 2. The van der Waals surface area contributed by atoms with Crippen LogP contribution in [0.5, 0.6) is 0 Å². The quantitative estimate of drug-likeness (QED) is 0.904. The van der Waals surface area contributed by atoms with Crippen molar-refractivity contribution in [3.8, 4) is 0 Å². The minimum absolute atomic E-state index is 0.349. The Morgan fingerprint density at radius 3 is 2.38 bits per heavy atom. The van der Waals surface area contributed by atoms with Crippen molar-refractivity contribution < 1.29 is 0 Å². The topological polar surface area (TPSA) is 32.5 Å². The number of hydrogen-bond donors (Lipinski definition) is 1. The van der Waals surface area contributed by atoms with Crippen LogP contribution in [0.4, 0.5) is 0 Å². The van der Waals surface area contributed by atoms with Crippen molar-refractivity contribution in [2.75, 3.05) is 33.2 Å². The molecule has 1 saturated heterocycles. The van der Waals surface area contributed by atoms with Crippen LogP contribution < -0.4 is 5.73 Å². The summed E-state index contributed by atoms with van der Waals surface area (Å²) in [5, 5.41) is 0. The third kappa shape index (κ3) is 4.29. The molecule has 0 amide bonds. The van der Waals surface area contributed by atoms with Crippen molar-refractivity contribution in [2.24, 2.45) is 11.7 Å². The van der Waals surface area contributed by atoms with E-state index in [1.165, 1.54) is 11.1 Å². The summed E-state index contributed by atoms with van der Waals surface area (Å²) >= 11 is 0. The molecule has 0 bridgehead atoms. The maximum absolute atomic E-state index is 6.10. The Labute approximate surface area is 130 Å². The van der Waals surface area contributed by atoms with E-state index in [0.29, 0.717) is 24.5 Å². The average molecular weight is 289 g/mol. The normalized spacial score (nSPS) is 22.7. The summed E-state index contributed by atoms with van der Waals surface area (Å²) < 4.78 is 0. The molecule has 0 saturated carbocycles. The van der Waals surface area contributed by atoms with Crippen LogP contribution in [0.3, 0.4) is 0 Å². The Morgan fingerprint density at radius 1 is 1.19 bits per heavy atom. The van der Waals surface area contributed by atoms with Crippen LogP contribution in [0.2, 0.25) is 0 Å². The van der Waals surface area contributed by atoms with Gasteiger partial charge in [0, 0.05) is 38.3 Å². The fourth-order valence-electron chi connectivity index (χ4n) is 3.43. The second kappa shape index (κ2) is 7.39. The van der Waals surface area contributed by atoms with E-state index < -0.39 is 0 Å². The first kappa shape index (κ1) is 16.5. The van der Waals surface area contributed by atoms with Gasteiger partial charge in [0.1, 0.15) is 0 Å². The number of hydrogen-bond acceptors (Lipinski definition) is 3. The smallest absolute Gasteiger partial charge is 0.0474 e. The predicted octanol–water partition coefficient (Wildman–Crippen LogP) is 2.52. The molecule has 0 spiro atoms. The molecule has 3 heteroatoms. The standard InChI is InChI=1S/C18H31N3/c1-14(2)11-16-5-7-17(8-6-16)18(12-19)21-10-9-20(4)13-15(21)3/h5-8,14-15,18H,9-13,19H2,1-4H3. The molecule has 1 aromatic rings. The molecule has 1 aromatic carbocycles. The molecule has 1 fully saturated rings. The lowest BCUT2D eigenvalue weighted by molar-refractivity contribution is 0.0635. The van der Waals surface area contributed by atoms with E-state index >= 15 is 0 Å². The first-order valence-electron chi connectivity index (χ1n) is 8.24. The van der Waals surface area contributed by atoms with Crippen molar-refractivity contribution in [2.45, 2.75) is 39.3 Å². The highest BCUT2D eigenvalue weighted by Gasteiger charge is 2.28. The molecule has 1 heterocycles. The van der Waals surface area contributed by atoms with Gasteiger partial charge in [0.05, 0.1) is 0 Å². The molecule has 0 aliphatic carbocycles. The molecule has 118 valence electrons. The summed E-state index contributed by atoms with van der Waals surface area (Å²) in [7, 11) is 2.20. The molecule has 2 N–H and O–H groups in total. The highest BCUT2D eigenvalue weighted by molar-refractivity contribution is 5.26. The van der Waals surface area contributed by atoms with Crippen molar-refractivity contribution >= 4 is 0 Å². The SMILES string of the molecule is CC(C)Cc1ccc(C(CN)N2CCN(C)CC2C)cc1. The zero-order valence-electron chi connectivity index (χ0n) is 14.0. The summed E-state index contributed by atoms with van der Waals surface area (Å²) in [6.07, 6.45) is 1.15. The molecule has 2 rings (SSSR count). The zero-order chi connectivity index (χ0) is 15.4. The third-order valence-electron chi connectivity index (χ3n) is 4.51. The summed E-state index contributed by atoms with van der Waals surface area (Å²) in [4.78, 5) is 4.97. The van der Waals surface area contributed by atoms with Gasteiger partial charge in [-0.2, -0.15) is 0 Å². The van der Waals surface area contributed by atoms with Gasteiger partial charge < -0.3 is 10.6 Å². The van der Waals surface area contributed by atoms with Crippen LogP contribution in [0.25, 0.3) is 0 Å². The van der Waals surface area contributed by atoms with E-state index in [2.05, 4.69) is 61.9 Å². The Balaban J connectivity index is 2.10. The minimum atomic E-state index is 0.349. The first-order valence-corrected chi connectivity index (χ1v) is 8.24. The summed E-state index contributed by atoms with van der Waals surface area (Å²) in [6.45, 7) is 10.9. The molecular weight excluding hydrogens is 258 g/mol. The highest BCUT2D eigenvalue weighted by atomic mass is 15.3. The van der Waals surface area contributed by atoms with Crippen LogP contribution in [-0.4, -0.2) is 49.1 Å². The summed E-state index contributed by atoms with van der Waals surface area (Å²) in [5.74, 6) is 0.707. The average Bonchev–Trinajstić information content (AvgIpc) is 2.43. The van der Waals surface area contributed by atoms with Gasteiger partial charge in [-0.15, -0.1) is 0 Å². The van der Waals surface area contributed by atoms with Crippen molar-refractivity contribution in [1.29, 1.82) is 0 Å².